The molecule has 3 unspecified atom stereocenters. The van der Waals surface area contributed by atoms with Gasteiger partial charge in [-0.25, -0.2) is 9.98 Å². The smallest absolute Gasteiger partial charge is 0.203 e. The third kappa shape index (κ3) is 2.13. The van der Waals surface area contributed by atoms with Crippen molar-refractivity contribution in [2.24, 2.45) is 10.7 Å². The molecule has 3 atom stereocenters. The van der Waals surface area contributed by atoms with Gasteiger partial charge in [0.15, 0.2) is 11.8 Å². The average Bonchev–Trinajstić information content (AvgIpc) is 2.25. The van der Waals surface area contributed by atoms with Crippen molar-refractivity contribution < 1.29 is 15.3 Å². The summed E-state index contributed by atoms with van der Waals surface area (Å²) >= 11 is 0. The van der Waals surface area contributed by atoms with Crippen LogP contribution in [0.5, 0.6) is 0 Å². The van der Waals surface area contributed by atoms with Gasteiger partial charge in [-0.3, -0.25) is 4.98 Å². The molecule has 1 aliphatic rings. The first-order chi connectivity index (χ1) is 8.31. The zero-order valence-electron chi connectivity index (χ0n) is 9.99. The van der Waals surface area contributed by atoms with E-state index >= 15 is 0 Å². The molecule has 8 heteroatoms. The number of nitrogens with one attached hydrogen (secondary N) is 1. The topological polar surface area (TPSA) is 137 Å². The minimum Gasteiger partial charge on any atom is -0.390 e. The van der Waals surface area contributed by atoms with Crippen LogP contribution in [0.25, 0.3) is 0 Å². The Bertz CT molecular complexity index is 500. The van der Waals surface area contributed by atoms with E-state index in [0.29, 0.717) is 0 Å². The van der Waals surface area contributed by atoms with E-state index in [1.54, 1.807) is 0 Å². The van der Waals surface area contributed by atoms with Gasteiger partial charge in [0.05, 0.1) is 18.0 Å². The fraction of sp³-hybridized carbons (Fsp3) is 0.500. The lowest BCUT2D eigenvalue weighted by Gasteiger charge is -2.26. The molecule has 18 heavy (non-hydrogen) atoms. The van der Waals surface area contributed by atoms with Gasteiger partial charge in [0.2, 0.25) is 5.72 Å². The molecular formula is C10H15N5O3. The van der Waals surface area contributed by atoms with E-state index in [9.17, 15) is 15.3 Å². The van der Waals surface area contributed by atoms with Crippen LogP contribution in [0, 0.1) is 0 Å². The van der Waals surface area contributed by atoms with E-state index < -0.39 is 17.9 Å². The Morgan fingerprint density at radius 2 is 2.11 bits per heavy atom. The second-order valence-electron chi connectivity index (χ2n) is 4.32. The van der Waals surface area contributed by atoms with Crippen LogP contribution in [0.2, 0.25) is 0 Å². The van der Waals surface area contributed by atoms with Crippen LogP contribution < -0.4 is 11.1 Å². The Balaban J connectivity index is 2.44. The molecule has 0 amide bonds. The van der Waals surface area contributed by atoms with Crippen molar-refractivity contribution in [3.05, 3.63) is 17.6 Å². The molecule has 1 aromatic heterocycles. The molecule has 2 heterocycles. The van der Waals surface area contributed by atoms with Crippen molar-refractivity contribution in [2.75, 3.05) is 5.32 Å². The van der Waals surface area contributed by atoms with E-state index in [4.69, 9.17) is 5.73 Å². The lowest BCUT2D eigenvalue weighted by Crippen LogP contribution is -2.37. The molecule has 0 aliphatic carbocycles. The highest BCUT2D eigenvalue weighted by Gasteiger charge is 2.33. The highest BCUT2D eigenvalue weighted by Crippen LogP contribution is 2.30. The van der Waals surface area contributed by atoms with Crippen molar-refractivity contribution in [3.8, 4) is 0 Å². The second-order valence-corrected chi connectivity index (χ2v) is 4.32. The van der Waals surface area contributed by atoms with Crippen molar-refractivity contribution in [3.63, 3.8) is 0 Å². The largest absolute Gasteiger partial charge is 0.390 e. The maximum atomic E-state index is 10.0. The number of rotatable bonds is 2. The molecule has 0 radical (unpaired) electrons. The summed E-state index contributed by atoms with van der Waals surface area (Å²) < 4.78 is 0. The van der Waals surface area contributed by atoms with Gasteiger partial charge in [-0.1, -0.05) is 0 Å². The molecule has 2 rings (SSSR count). The van der Waals surface area contributed by atoms with E-state index in [-0.39, 0.29) is 23.2 Å². The van der Waals surface area contributed by atoms with Crippen LogP contribution in [0.3, 0.4) is 0 Å². The van der Waals surface area contributed by atoms with Crippen LogP contribution in [-0.4, -0.2) is 37.4 Å². The molecule has 0 spiro atoms. The normalized spacial score (nSPS) is 25.7. The Labute approximate surface area is 103 Å². The molecular weight excluding hydrogens is 238 g/mol. The fourth-order valence-electron chi connectivity index (χ4n) is 1.66. The standard InChI is InChI=1S/C10H15N5O3/c1-4(16)6(17)5-3-12-7-8(13-5)14-9(11)15-10(7,2)18/h3-4,6,16-18H,1-2H3,(H3,11,13,14,15). The van der Waals surface area contributed by atoms with Crippen molar-refractivity contribution in [1.82, 2.24) is 9.97 Å². The quantitative estimate of drug-likeness (QED) is 0.446. The van der Waals surface area contributed by atoms with Crippen LogP contribution in [0.4, 0.5) is 5.82 Å². The minimum absolute atomic E-state index is 0.00508. The van der Waals surface area contributed by atoms with Crippen LogP contribution in [0.1, 0.15) is 31.3 Å². The van der Waals surface area contributed by atoms with Gasteiger partial charge in [0, 0.05) is 0 Å². The van der Waals surface area contributed by atoms with E-state index in [2.05, 4.69) is 20.3 Å². The maximum absolute atomic E-state index is 10.0. The summed E-state index contributed by atoms with van der Waals surface area (Å²) in [6, 6.07) is 0. The summed E-state index contributed by atoms with van der Waals surface area (Å²) in [4.78, 5) is 11.9. The van der Waals surface area contributed by atoms with E-state index in [1.807, 2.05) is 0 Å². The molecule has 8 nitrogen and oxygen atoms in total. The van der Waals surface area contributed by atoms with Gasteiger partial charge >= 0.3 is 0 Å². The zero-order chi connectivity index (χ0) is 13.5. The molecule has 98 valence electrons. The van der Waals surface area contributed by atoms with Gasteiger partial charge in [-0.05, 0) is 13.8 Å². The monoisotopic (exact) mass is 253 g/mol. The summed E-state index contributed by atoms with van der Waals surface area (Å²) in [7, 11) is 0. The number of hydrogen-bond acceptors (Lipinski definition) is 8. The SMILES string of the molecule is CC(O)C(O)c1cnc2c(n1)NC(N)=NC2(C)O. The predicted molar refractivity (Wildman–Crippen MR) is 63.5 cm³/mol. The minimum atomic E-state index is -1.56. The molecule has 0 aromatic carbocycles. The first-order valence-corrected chi connectivity index (χ1v) is 5.39. The molecule has 6 N–H and O–H groups in total. The number of guanidine groups is 1. The van der Waals surface area contributed by atoms with Crippen LogP contribution in [-0.2, 0) is 5.72 Å². The van der Waals surface area contributed by atoms with Gasteiger partial charge in [-0.15, -0.1) is 0 Å². The number of nitrogens with two attached hydrogens (primary N) is 1. The third-order valence-corrected chi connectivity index (χ3v) is 2.58. The van der Waals surface area contributed by atoms with Crippen LogP contribution in [0.15, 0.2) is 11.2 Å². The summed E-state index contributed by atoms with van der Waals surface area (Å²) in [6.07, 6.45) is -0.856. The Morgan fingerprint density at radius 1 is 1.44 bits per heavy atom. The zero-order valence-corrected chi connectivity index (χ0v) is 9.99. The molecule has 0 saturated heterocycles. The van der Waals surface area contributed by atoms with Gasteiger partial charge in [0.1, 0.15) is 11.8 Å². The predicted octanol–water partition coefficient (Wildman–Crippen LogP) is -1.20. The number of aliphatic hydroxyl groups excluding tert-OH is 2. The number of anilines is 1. The molecule has 0 bridgehead atoms. The number of aliphatic hydroxyl groups is 3. The summed E-state index contributed by atoms with van der Waals surface area (Å²) in [6.45, 7) is 2.87. The Morgan fingerprint density at radius 3 is 2.72 bits per heavy atom. The average molecular weight is 253 g/mol. The van der Waals surface area contributed by atoms with Gasteiger partial charge in [0.25, 0.3) is 0 Å². The number of hydrogen-bond donors (Lipinski definition) is 5. The van der Waals surface area contributed by atoms with Gasteiger partial charge in [-0.2, -0.15) is 0 Å². The molecule has 1 aromatic rings. The van der Waals surface area contributed by atoms with Crippen LogP contribution >= 0.6 is 0 Å². The summed E-state index contributed by atoms with van der Waals surface area (Å²) in [5.74, 6) is 0.218. The van der Waals surface area contributed by atoms with Crippen molar-refractivity contribution in [1.29, 1.82) is 0 Å². The lowest BCUT2D eigenvalue weighted by molar-refractivity contribution is 0.0271. The molecule has 0 fully saturated rings. The summed E-state index contributed by atoms with van der Waals surface area (Å²) in [5.41, 5.74) is 4.34. The number of aliphatic imine (C=N–C) groups is 1. The van der Waals surface area contributed by atoms with Gasteiger partial charge < -0.3 is 26.4 Å². The van der Waals surface area contributed by atoms with E-state index in [1.165, 1.54) is 20.0 Å². The Kier molecular flexibility index (Phi) is 2.93. The van der Waals surface area contributed by atoms with Crippen molar-refractivity contribution >= 4 is 11.8 Å². The fourth-order valence-corrected chi connectivity index (χ4v) is 1.66. The maximum Gasteiger partial charge on any atom is 0.203 e. The number of fused-ring (bicyclic) bond motifs is 1. The molecule has 1 aliphatic heterocycles. The number of nitrogens with zero attached hydrogens (tertiary/aromatic N) is 3. The highest BCUT2D eigenvalue weighted by atomic mass is 16.3. The Hall–Kier alpha value is -1.77. The van der Waals surface area contributed by atoms with E-state index in [0.717, 1.165) is 0 Å². The first kappa shape index (κ1) is 12.7. The second kappa shape index (κ2) is 4.16. The highest BCUT2D eigenvalue weighted by molar-refractivity contribution is 5.93. The first-order valence-electron chi connectivity index (χ1n) is 5.39. The lowest BCUT2D eigenvalue weighted by atomic mass is 10.1. The third-order valence-electron chi connectivity index (χ3n) is 2.58. The summed E-state index contributed by atoms with van der Waals surface area (Å²) in [5, 5.41) is 31.7. The molecule has 0 saturated carbocycles. The number of aromatic nitrogens is 2. The van der Waals surface area contributed by atoms with Crippen molar-refractivity contribution in [2.45, 2.75) is 31.8 Å².